The van der Waals surface area contributed by atoms with Gasteiger partial charge in [0.05, 0.1) is 10.8 Å². The molecule has 4 aromatic rings. The van der Waals surface area contributed by atoms with Gasteiger partial charge in [-0.15, -0.1) is 11.8 Å². The molecule has 7 nitrogen and oxygen atoms in total. The first kappa shape index (κ1) is 37.0. The van der Waals surface area contributed by atoms with Crippen LogP contribution in [0.2, 0.25) is 0 Å². The second-order valence-electron chi connectivity index (χ2n) is 14.2. The van der Waals surface area contributed by atoms with E-state index in [-0.39, 0.29) is 35.0 Å². The van der Waals surface area contributed by atoms with Gasteiger partial charge in [0.15, 0.2) is 0 Å². The van der Waals surface area contributed by atoms with Crippen LogP contribution < -0.4 is 10.6 Å². The van der Waals surface area contributed by atoms with E-state index in [4.69, 9.17) is 4.74 Å². The standard InChI is InChI=1S/C42H51N3O4S/c1-6-30(2)38(39(47)44-27-31-17-16-24-36(46)25-31)43-28-35-26-37(29-45(35)40(48)49-41(3,4)5)50-42(32-18-10-7-11-19-32,33-20-12-8-13-21-33)34-22-14-9-15-23-34/h7-25,30,35,37-38,43,46H,6,26-29H2,1-5H3,(H,44,47)/t30-,35+,37+,38-/m0/s1. The summed E-state index contributed by atoms with van der Waals surface area (Å²) in [5, 5.41) is 16.6. The van der Waals surface area contributed by atoms with Gasteiger partial charge >= 0.3 is 6.09 Å². The smallest absolute Gasteiger partial charge is 0.410 e. The first-order chi connectivity index (χ1) is 24.0. The van der Waals surface area contributed by atoms with Gasteiger partial charge in [0.2, 0.25) is 5.91 Å². The fourth-order valence-corrected chi connectivity index (χ4v) is 8.56. The average molecular weight is 694 g/mol. The fourth-order valence-electron chi connectivity index (χ4n) is 6.69. The molecule has 0 unspecified atom stereocenters. The molecule has 264 valence electrons. The Kier molecular flexibility index (Phi) is 12.3. The van der Waals surface area contributed by atoms with Gasteiger partial charge in [-0.05, 0) is 67.5 Å². The molecule has 1 fully saturated rings. The summed E-state index contributed by atoms with van der Waals surface area (Å²) in [5.74, 6) is 0.120. The molecular formula is C42H51N3O4S. The van der Waals surface area contributed by atoms with Gasteiger partial charge in [0.25, 0.3) is 0 Å². The number of hydrogen-bond donors (Lipinski definition) is 3. The molecule has 1 aliphatic rings. The molecule has 50 heavy (non-hydrogen) atoms. The number of nitrogens with one attached hydrogen (secondary N) is 2. The lowest BCUT2D eigenvalue weighted by Crippen LogP contribution is -2.52. The third-order valence-electron chi connectivity index (χ3n) is 9.33. The summed E-state index contributed by atoms with van der Waals surface area (Å²) in [7, 11) is 0. The SMILES string of the molecule is CC[C@H](C)[C@H](NC[C@H]1C[C@@H](SC(c2ccccc2)(c2ccccc2)c2ccccc2)CN1C(=O)OC(C)(C)C)C(=O)NCc1cccc(O)c1. The molecule has 3 N–H and O–H groups in total. The number of ether oxygens (including phenoxy) is 1. The Balaban J connectivity index is 1.43. The highest BCUT2D eigenvalue weighted by Gasteiger charge is 2.45. The lowest BCUT2D eigenvalue weighted by Gasteiger charge is -2.37. The van der Waals surface area contributed by atoms with Crippen molar-refractivity contribution in [3.8, 4) is 5.75 Å². The Hall–Kier alpha value is -4.27. The van der Waals surface area contributed by atoms with Crippen LogP contribution in [0, 0.1) is 5.92 Å². The molecule has 0 saturated carbocycles. The van der Waals surface area contributed by atoms with Crippen molar-refractivity contribution in [2.45, 2.75) is 81.7 Å². The van der Waals surface area contributed by atoms with Gasteiger partial charge in [-0.25, -0.2) is 4.79 Å². The van der Waals surface area contributed by atoms with Gasteiger partial charge in [-0.2, -0.15) is 0 Å². The summed E-state index contributed by atoms with van der Waals surface area (Å²) in [5.41, 5.74) is 3.70. The first-order valence-electron chi connectivity index (χ1n) is 17.6. The Morgan fingerprint density at radius 3 is 1.94 bits per heavy atom. The summed E-state index contributed by atoms with van der Waals surface area (Å²) >= 11 is 1.88. The highest BCUT2D eigenvalue weighted by atomic mass is 32.2. The zero-order valence-electron chi connectivity index (χ0n) is 29.8. The normalized spacial score (nSPS) is 17.6. The molecule has 1 saturated heterocycles. The minimum Gasteiger partial charge on any atom is -0.508 e. The maximum atomic E-state index is 13.8. The van der Waals surface area contributed by atoms with Crippen LogP contribution in [0.25, 0.3) is 0 Å². The second-order valence-corrected chi connectivity index (χ2v) is 15.7. The second kappa shape index (κ2) is 16.6. The molecule has 8 heteroatoms. The fraction of sp³-hybridized carbons (Fsp3) is 0.381. The Morgan fingerprint density at radius 1 is 0.880 bits per heavy atom. The van der Waals surface area contributed by atoms with Crippen molar-refractivity contribution in [1.82, 2.24) is 15.5 Å². The van der Waals surface area contributed by atoms with Crippen molar-refractivity contribution in [3.05, 3.63) is 138 Å². The predicted molar refractivity (Wildman–Crippen MR) is 203 cm³/mol. The first-order valence-corrected chi connectivity index (χ1v) is 18.5. The summed E-state index contributed by atoms with van der Waals surface area (Å²) in [6.07, 6.45) is 1.19. The van der Waals surface area contributed by atoms with E-state index in [1.807, 2.05) is 61.7 Å². The lowest BCUT2D eigenvalue weighted by molar-refractivity contribution is -0.124. The van der Waals surface area contributed by atoms with E-state index >= 15 is 0 Å². The summed E-state index contributed by atoms with van der Waals surface area (Å²) < 4.78 is 5.43. The number of rotatable bonds is 13. The topological polar surface area (TPSA) is 90.9 Å². The molecule has 0 spiro atoms. The van der Waals surface area contributed by atoms with E-state index in [1.165, 1.54) is 16.7 Å². The van der Waals surface area contributed by atoms with Crippen LogP contribution in [0.3, 0.4) is 0 Å². The van der Waals surface area contributed by atoms with Crippen LogP contribution in [-0.4, -0.2) is 58.0 Å². The number of carbonyl (C=O) groups excluding carboxylic acids is 2. The highest BCUT2D eigenvalue weighted by molar-refractivity contribution is 8.01. The Bertz CT molecular complexity index is 1580. The monoisotopic (exact) mass is 693 g/mol. The van der Waals surface area contributed by atoms with E-state index in [2.05, 4.69) is 97.3 Å². The zero-order chi connectivity index (χ0) is 35.7. The molecule has 4 aromatic carbocycles. The third-order valence-corrected chi connectivity index (χ3v) is 11.1. The van der Waals surface area contributed by atoms with Gasteiger partial charge in [0.1, 0.15) is 11.4 Å². The molecule has 0 aromatic heterocycles. The average Bonchev–Trinajstić information content (AvgIpc) is 3.52. The Labute approximate surface area is 301 Å². The maximum Gasteiger partial charge on any atom is 0.410 e. The Morgan fingerprint density at radius 2 is 1.44 bits per heavy atom. The molecule has 2 amide bonds. The zero-order valence-corrected chi connectivity index (χ0v) is 30.7. The predicted octanol–water partition coefficient (Wildman–Crippen LogP) is 8.12. The van der Waals surface area contributed by atoms with Gasteiger partial charge in [-0.3, -0.25) is 4.79 Å². The molecule has 4 atom stereocenters. The minimum absolute atomic E-state index is 0.0580. The molecule has 0 bridgehead atoms. The number of aromatic hydroxyl groups is 1. The van der Waals surface area contributed by atoms with Crippen LogP contribution in [0.4, 0.5) is 4.79 Å². The molecule has 5 rings (SSSR count). The van der Waals surface area contributed by atoms with Gasteiger partial charge < -0.3 is 25.4 Å². The largest absolute Gasteiger partial charge is 0.508 e. The number of likely N-dealkylation sites (tertiary alicyclic amines) is 1. The quantitative estimate of drug-likeness (QED) is 0.123. The van der Waals surface area contributed by atoms with Crippen molar-refractivity contribution < 1.29 is 19.4 Å². The summed E-state index contributed by atoms with van der Waals surface area (Å²) in [4.78, 5) is 29.3. The number of thioether (sulfide) groups is 1. The number of amides is 2. The molecule has 1 aliphatic heterocycles. The van der Waals surface area contributed by atoms with Gasteiger partial charge in [-0.1, -0.05) is 123 Å². The molecular weight excluding hydrogens is 643 g/mol. The summed E-state index contributed by atoms with van der Waals surface area (Å²) in [6.45, 7) is 11.1. The van der Waals surface area contributed by atoms with Crippen LogP contribution in [0.1, 0.15) is 69.7 Å². The van der Waals surface area contributed by atoms with E-state index in [0.29, 0.717) is 19.6 Å². The van der Waals surface area contributed by atoms with Crippen LogP contribution in [0.5, 0.6) is 5.75 Å². The van der Waals surface area contributed by atoms with Crippen LogP contribution >= 0.6 is 11.8 Å². The third kappa shape index (κ3) is 9.09. The van der Waals surface area contributed by atoms with E-state index in [9.17, 15) is 14.7 Å². The van der Waals surface area contributed by atoms with Crippen molar-refractivity contribution in [1.29, 1.82) is 0 Å². The number of phenolic OH excluding ortho intramolecular Hbond substituents is 1. The molecule has 1 heterocycles. The van der Waals surface area contributed by atoms with Crippen molar-refractivity contribution in [3.63, 3.8) is 0 Å². The number of benzene rings is 4. The van der Waals surface area contributed by atoms with Crippen LogP contribution in [-0.2, 0) is 20.8 Å². The van der Waals surface area contributed by atoms with E-state index < -0.39 is 16.4 Å². The molecule has 0 radical (unpaired) electrons. The van der Waals surface area contributed by atoms with E-state index in [0.717, 1.165) is 18.4 Å². The number of nitrogens with zero attached hydrogens (tertiary/aromatic N) is 1. The van der Waals surface area contributed by atoms with Gasteiger partial charge in [0, 0.05) is 30.9 Å². The molecule has 0 aliphatic carbocycles. The highest BCUT2D eigenvalue weighted by Crippen LogP contribution is 2.52. The minimum atomic E-state index is -0.646. The van der Waals surface area contributed by atoms with Crippen molar-refractivity contribution in [2.75, 3.05) is 13.1 Å². The van der Waals surface area contributed by atoms with Crippen molar-refractivity contribution >= 4 is 23.8 Å². The van der Waals surface area contributed by atoms with Crippen LogP contribution in [0.15, 0.2) is 115 Å². The maximum absolute atomic E-state index is 13.8. The lowest BCUT2D eigenvalue weighted by atomic mass is 9.84. The number of phenols is 1. The van der Waals surface area contributed by atoms with Crippen molar-refractivity contribution in [2.24, 2.45) is 5.92 Å². The van der Waals surface area contributed by atoms with E-state index in [1.54, 1.807) is 18.2 Å². The summed E-state index contributed by atoms with van der Waals surface area (Å²) in [6, 6.07) is 38.1. The number of carbonyl (C=O) groups is 2. The number of hydrogen-bond acceptors (Lipinski definition) is 6.